The molecule has 0 bridgehead atoms. The fourth-order valence-corrected chi connectivity index (χ4v) is 2.30. The quantitative estimate of drug-likeness (QED) is 0.629. The van der Waals surface area contributed by atoms with E-state index in [1.54, 1.807) is 0 Å². The molecule has 2 heteroatoms. The summed E-state index contributed by atoms with van der Waals surface area (Å²) in [5.41, 5.74) is 3.77. The van der Waals surface area contributed by atoms with Gasteiger partial charge in [-0.3, -0.25) is 0 Å². The van der Waals surface area contributed by atoms with Crippen LogP contribution in [0.5, 0.6) is 11.5 Å². The Kier molecular flexibility index (Phi) is 2.29. The molecule has 0 atom stereocenters. The Labute approximate surface area is 101 Å². The minimum Gasteiger partial charge on any atom is -0.457 e. The largest absolute Gasteiger partial charge is 0.457 e. The number of ether oxygens (including phenoxy) is 1. The predicted octanol–water partition coefficient (Wildman–Crippen LogP) is 3.45. The molecule has 0 amide bonds. The highest BCUT2D eigenvalue weighted by atomic mass is 16.5. The summed E-state index contributed by atoms with van der Waals surface area (Å²) in [5.74, 6) is 1.96. The summed E-state index contributed by atoms with van der Waals surface area (Å²) in [6, 6.07) is 14.5. The molecule has 2 aromatic rings. The average Bonchev–Trinajstić information content (AvgIpc) is 2.35. The number of para-hydroxylation sites is 1. The van der Waals surface area contributed by atoms with Gasteiger partial charge in [0.15, 0.2) is 0 Å². The van der Waals surface area contributed by atoms with Gasteiger partial charge in [0, 0.05) is 31.8 Å². The van der Waals surface area contributed by atoms with Crippen molar-refractivity contribution in [1.82, 2.24) is 0 Å². The first-order valence-electron chi connectivity index (χ1n) is 5.80. The van der Waals surface area contributed by atoms with E-state index in [0.717, 1.165) is 17.9 Å². The second kappa shape index (κ2) is 3.81. The summed E-state index contributed by atoms with van der Waals surface area (Å²) < 4.78 is 5.94. The first-order valence-corrected chi connectivity index (χ1v) is 5.80. The van der Waals surface area contributed by atoms with Crippen molar-refractivity contribution in [2.75, 3.05) is 19.0 Å². The highest BCUT2D eigenvalue weighted by Crippen LogP contribution is 2.40. The zero-order chi connectivity index (χ0) is 11.8. The summed E-state index contributed by atoms with van der Waals surface area (Å²) in [7, 11) is 4.13. The SMILES string of the molecule is CN(C)c1cccc2c1Cc1ccccc1O2. The maximum Gasteiger partial charge on any atom is 0.133 e. The normalized spacial score (nSPS) is 12.4. The lowest BCUT2D eigenvalue weighted by molar-refractivity contribution is 0.460. The molecule has 0 aromatic heterocycles. The van der Waals surface area contributed by atoms with Gasteiger partial charge in [-0.15, -0.1) is 0 Å². The lowest BCUT2D eigenvalue weighted by Gasteiger charge is -2.25. The van der Waals surface area contributed by atoms with Crippen molar-refractivity contribution in [2.45, 2.75) is 6.42 Å². The Morgan fingerprint density at radius 1 is 0.941 bits per heavy atom. The van der Waals surface area contributed by atoms with Crippen molar-refractivity contribution in [3.05, 3.63) is 53.6 Å². The third-order valence-corrected chi connectivity index (χ3v) is 3.15. The van der Waals surface area contributed by atoms with Gasteiger partial charge >= 0.3 is 0 Å². The van der Waals surface area contributed by atoms with Crippen molar-refractivity contribution in [2.24, 2.45) is 0 Å². The molecule has 86 valence electrons. The molecule has 2 nitrogen and oxygen atoms in total. The van der Waals surface area contributed by atoms with Crippen molar-refractivity contribution < 1.29 is 4.74 Å². The smallest absolute Gasteiger partial charge is 0.133 e. The van der Waals surface area contributed by atoms with Crippen molar-refractivity contribution in [3.8, 4) is 11.5 Å². The third-order valence-electron chi connectivity index (χ3n) is 3.15. The van der Waals surface area contributed by atoms with Crippen molar-refractivity contribution >= 4 is 5.69 Å². The lowest BCUT2D eigenvalue weighted by atomic mass is 9.98. The lowest BCUT2D eigenvalue weighted by Crippen LogP contribution is -2.14. The Morgan fingerprint density at radius 2 is 1.71 bits per heavy atom. The van der Waals surface area contributed by atoms with Crippen LogP contribution in [-0.4, -0.2) is 14.1 Å². The minimum atomic E-state index is 0.944. The summed E-state index contributed by atoms with van der Waals surface area (Å²) in [6.45, 7) is 0. The first-order chi connectivity index (χ1) is 8.25. The van der Waals surface area contributed by atoms with Gasteiger partial charge in [-0.25, -0.2) is 0 Å². The van der Waals surface area contributed by atoms with E-state index >= 15 is 0 Å². The zero-order valence-corrected chi connectivity index (χ0v) is 10.1. The van der Waals surface area contributed by atoms with Crippen molar-refractivity contribution in [1.29, 1.82) is 0 Å². The molecule has 0 N–H and O–H groups in total. The summed E-state index contributed by atoms with van der Waals surface area (Å²) in [4.78, 5) is 2.14. The fourth-order valence-electron chi connectivity index (χ4n) is 2.30. The van der Waals surface area contributed by atoms with Gasteiger partial charge < -0.3 is 9.64 Å². The number of nitrogens with zero attached hydrogens (tertiary/aromatic N) is 1. The molecular weight excluding hydrogens is 210 g/mol. The van der Waals surface area contributed by atoms with Gasteiger partial charge in [0.05, 0.1) is 0 Å². The topological polar surface area (TPSA) is 12.5 Å². The van der Waals surface area contributed by atoms with Gasteiger partial charge in [-0.1, -0.05) is 24.3 Å². The van der Waals surface area contributed by atoms with E-state index in [9.17, 15) is 0 Å². The van der Waals surface area contributed by atoms with E-state index in [4.69, 9.17) is 4.74 Å². The molecule has 0 saturated heterocycles. The molecule has 1 aliphatic heterocycles. The van der Waals surface area contributed by atoms with E-state index in [0.29, 0.717) is 0 Å². The van der Waals surface area contributed by atoms with E-state index < -0.39 is 0 Å². The maximum absolute atomic E-state index is 5.94. The van der Waals surface area contributed by atoms with Crippen LogP contribution < -0.4 is 9.64 Å². The van der Waals surface area contributed by atoms with Crippen LogP contribution in [0, 0.1) is 0 Å². The molecule has 2 aromatic carbocycles. The monoisotopic (exact) mass is 225 g/mol. The highest BCUT2D eigenvalue weighted by Gasteiger charge is 2.19. The summed E-state index contributed by atoms with van der Waals surface area (Å²) in [5, 5.41) is 0. The number of anilines is 1. The molecule has 1 heterocycles. The maximum atomic E-state index is 5.94. The predicted molar refractivity (Wildman–Crippen MR) is 70.1 cm³/mol. The fraction of sp³-hybridized carbons (Fsp3) is 0.200. The molecule has 0 aliphatic carbocycles. The second-order valence-electron chi connectivity index (χ2n) is 4.53. The van der Waals surface area contributed by atoms with Gasteiger partial charge in [0.2, 0.25) is 0 Å². The van der Waals surface area contributed by atoms with Crippen LogP contribution in [0.2, 0.25) is 0 Å². The third kappa shape index (κ3) is 1.66. The van der Waals surface area contributed by atoms with E-state index in [1.165, 1.54) is 16.8 Å². The van der Waals surface area contributed by atoms with E-state index in [-0.39, 0.29) is 0 Å². The number of hydrogen-bond acceptors (Lipinski definition) is 2. The number of hydrogen-bond donors (Lipinski definition) is 0. The van der Waals surface area contributed by atoms with E-state index in [1.807, 2.05) is 24.3 Å². The molecule has 0 saturated carbocycles. The molecular formula is C15H15NO. The first kappa shape index (κ1) is 10.2. The van der Waals surface area contributed by atoms with Crippen LogP contribution in [0.1, 0.15) is 11.1 Å². The number of rotatable bonds is 1. The van der Waals surface area contributed by atoms with Gasteiger partial charge in [-0.2, -0.15) is 0 Å². The van der Waals surface area contributed by atoms with Crippen LogP contribution >= 0.6 is 0 Å². The Hall–Kier alpha value is -1.96. The summed E-state index contributed by atoms with van der Waals surface area (Å²) >= 11 is 0. The Bertz CT molecular complexity index is 561. The van der Waals surface area contributed by atoms with Gasteiger partial charge in [0.1, 0.15) is 11.5 Å². The van der Waals surface area contributed by atoms with Crippen LogP contribution in [-0.2, 0) is 6.42 Å². The van der Waals surface area contributed by atoms with Crippen molar-refractivity contribution in [3.63, 3.8) is 0 Å². The van der Waals surface area contributed by atoms with Gasteiger partial charge in [-0.05, 0) is 23.8 Å². The second-order valence-corrected chi connectivity index (χ2v) is 4.53. The van der Waals surface area contributed by atoms with Gasteiger partial charge in [0.25, 0.3) is 0 Å². The Morgan fingerprint density at radius 3 is 2.53 bits per heavy atom. The van der Waals surface area contributed by atoms with Crippen LogP contribution in [0.4, 0.5) is 5.69 Å². The number of benzene rings is 2. The highest BCUT2D eigenvalue weighted by molar-refractivity contribution is 5.63. The van der Waals surface area contributed by atoms with Crippen LogP contribution in [0.15, 0.2) is 42.5 Å². The Balaban J connectivity index is 2.12. The molecule has 0 unspecified atom stereocenters. The average molecular weight is 225 g/mol. The minimum absolute atomic E-state index is 0.944. The summed E-state index contributed by atoms with van der Waals surface area (Å²) in [6.07, 6.45) is 0.944. The molecule has 0 radical (unpaired) electrons. The standard InChI is InChI=1S/C15H15NO/c1-16(2)13-7-5-9-15-12(13)10-11-6-3-4-8-14(11)17-15/h3-9H,10H2,1-2H3. The molecule has 3 rings (SSSR count). The van der Waals surface area contributed by atoms with E-state index in [2.05, 4.69) is 37.2 Å². The molecule has 17 heavy (non-hydrogen) atoms. The molecule has 0 fully saturated rings. The van der Waals surface area contributed by atoms with Crippen LogP contribution in [0.25, 0.3) is 0 Å². The molecule has 0 spiro atoms. The number of fused-ring (bicyclic) bond motifs is 2. The molecule has 1 aliphatic rings. The zero-order valence-electron chi connectivity index (χ0n) is 10.1. The van der Waals surface area contributed by atoms with Crippen LogP contribution in [0.3, 0.4) is 0 Å².